The quantitative estimate of drug-likeness (QED) is 0.602. The Kier molecular flexibility index (Phi) is 5.39. The molecular formula is C15H20N2OS. The van der Waals surface area contributed by atoms with E-state index in [4.69, 9.17) is 10.6 Å². The molecule has 4 heteroatoms. The molecule has 102 valence electrons. The normalized spacial score (nSPS) is 12.3. The Morgan fingerprint density at radius 2 is 2.11 bits per heavy atom. The van der Waals surface area contributed by atoms with Crippen LogP contribution >= 0.6 is 11.3 Å². The predicted octanol–water partition coefficient (Wildman–Crippen LogP) is 3.28. The van der Waals surface area contributed by atoms with Gasteiger partial charge in [-0.2, -0.15) is 0 Å². The van der Waals surface area contributed by atoms with E-state index in [0.29, 0.717) is 0 Å². The van der Waals surface area contributed by atoms with Crippen LogP contribution in [0.1, 0.15) is 29.3 Å². The fourth-order valence-electron chi connectivity index (χ4n) is 2.22. The Bertz CT molecular complexity index is 485. The van der Waals surface area contributed by atoms with Crippen LogP contribution in [0.25, 0.3) is 0 Å². The molecule has 0 aliphatic heterocycles. The first-order valence-electron chi connectivity index (χ1n) is 6.46. The van der Waals surface area contributed by atoms with E-state index in [0.717, 1.165) is 30.6 Å². The lowest BCUT2D eigenvalue weighted by Crippen LogP contribution is -2.28. The minimum Gasteiger partial charge on any atom is -0.496 e. The van der Waals surface area contributed by atoms with Gasteiger partial charge in [0.2, 0.25) is 0 Å². The number of rotatable bonds is 7. The number of hydrazine groups is 1. The smallest absolute Gasteiger partial charge is 0.123 e. The van der Waals surface area contributed by atoms with Gasteiger partial charge < -0.3 is 4.74 Å². The van der Waals surface area contributed by atoms with Crippen molar-refractivity contribution in [3.8, 4) is 5.75 Å². The van der Waals surface area contributed by atoms with Crippen LogP contribution in [0, 0.1) is 0 Å². The second-order valence-corrected chi connectivity index (χ2v) is 5.47. The van der Waals surface area contributed by atoms with Gasteiger partial charge in [0.25, 0.3) is 0 Å². The molecule has 0 aliphatic rings. The fraction of sp³-hybridized carbons (Fsp3) is 0.333. The number of nitrogens with two attached hydrogens (primary N) is 1. The number of hydrogen-bond acceptors (Lipinski definition) is 4. The molecule has 0 fully saturated rings. The fourth-order valence-corrected chi connectivity index (χ4v) is 2.97. The van der Waals surface area contributed by atoms with E-state index < -0.39 is 0 Å². The molecule has 3 nitrogen and oxygen atoms in total. The van der Waals surface area contributed by atoms with Crippen LogP contribution in [-0.4, -0.2) is 7.11 Å². The average Bonchev–Trinajstić information content (AvgIpc) is 2.97. The van der Waals surface area contributed by atoms with E-state index in [2.05, 4.69) is 29.0 Å². The zero-order chi connectivity index (χ0) is 13.5. The molecule has 2 rings (SSSR count). The van der Waals surface area contributed by atoms with Crippen molar-refractivity contribution in [3.63, 3.8) is 0 Å². The first kappa shape index (κ1) is 14.1. The molecule has 3 N–H and O–H groups in total. The Morgan fingerprint density at radius 1 is 1.26 bits per heavy atom. The van der Waals surface area contributed by atoms with Crippen LogP contribution in [-0.2, 0) is 6.42 Å². The number of ether oxygens (including phenoxy) is 1. The van der Waals surface area contributed by atoms with Crippen LogP contribution in [0.4, 0.5) is 0 Å². The van der Waals surface area contributed by atoms with Gasteiger partial charge in [-0.1, -0.05) is 24.3 Å². The van der Waals surface area contributed by atoms with Crippen molar-refractivity contribution >= 4 is 11.3 Å². The Morgan fingerprint density at radius 3 is 2.79 bits per heavy atom. The van der Waals surface area contributed by atoms with Crippen molar-refractivity contribution in [3.05, 3.63) is 52.2 Å². The van der Waals surface area contributed by atoms with Gasteiger partial charge in [-0.3, -0.25) is 11.3 Å². The number of benzene rings is 1. The molecule has 0 radical (unpaired) electrons. The zero-order valence-electron chi connectivity index (χ0n) is 11.1. The van der Waals surface area contributed by atoms with Gasteiger partial charge in [-0.15, -0.1) is 11.3 Å². The molecular weight excluding hydrogens is 256 g/mol. The summed E-state index contributed by atoms with van der Waals surface area (Å²) >= 11 is 1.81. The number of thiophene rings is 1. The summed E-state index contributed by atoms with van der Waals surface area (Å²) in [6.07, 6.45) is 3.20. The highest BCUT2D eigenvalue weighted by molar-refractivity contribution is 7.09. The lowest BCUT2D eigenvalue weighted by atomic mass is 10.0. The first-order valence-corrected chi connectivity index (χ1v) is 7.34. The summed E-state index contributed by atoms with van der Waals surface area (Å²) in [5, 5.41) is 2.12. The number of aryl methyl sites for hydroxylation is 1. The molecule has 0 amide bonds. The van der Waals surface area contributed by atoms with E-state index in [1.54, 1.807) is 7.11 Å². The maximum atomic E-state index is 5.68. The van der Waals surface area contributed by atoms with Crippen molar-refractivity contribution in [2.45, 2.75) is 25.3 Å². The van der Waals surface area contributed by atoms with E-state index in [-0.39, 0.29) is 6.04 Å². The lowest BCUT2D eigenvalue weighted by Gasteiger charge is -2.18. The summed E-state index contributed by atoms with van der Waals surface area (Å²) in [7, 11) is 1.69. The van der Waals surface area contributed by atoms with Crippen molar-refractivity contribution < 1.29 is 4.74 Å². The van der Waals surface area contributed by atoms with Crippen molar-refractivity contribution in [2.75, 3.05) is 7.11 Å². The van der Waals surface area contributed by atoms with Crippen LogP contribution in [0.15, 0.2) is 41.8 Å². The molecule has 1 aromatic heterocycles. The average molecular weight is 276 g/mol. The summed E-state index contributed by atoms with van der Waals surface area (Å²) in [6, 6.07) is 12.4. The second-order valence-electron chi connectivity index (χ2n) is 4.43. The summed E-state index contributed by atoms with van der Waals surface area (Å²) in [5.41, 5.74) is 4.02. The van der Waals surface area contributed by atoms with Gasteiger partial charge in [0.05, 0.1) is 7.11 Å². The highest BCUT2D eigenvalue weighted by Gasteiger charge is 2.13. The molecule has 0 aliphatic carbocycles. The molecule has 1 atom stereocenters. The van der Waals surface area contributed by atoms with Crippen LogP contribution in [0.5, 0.6) is 5.75 Å². The molecule has 2 aromatic rings. The summed E-state index contributed by atoms with van der Waals surface area (Å²) < 4.78 is 5.39. The standard InChI is InChI=1S/C15H20N2OS/c1-18-15-10-3-2-8-13(15)14(17-16)9-4-6-12-7-5-11-19-12/h2-3,5,7-8,10-11,14,17H,4,6,9,16H2,1H3. The number of para-hydroxylation sites is 1. The number of hydrogen-bond donors (Lipinski definition) is 2. The van der Waals surface area contributed by atoms with Crippen molar-refractivity contribution in [2.24, 2.45) is 5.84 Å². The van der Waals surface area contributed by atoms with Gasteiger partial charge in [-0.05, 0) is 36.8 Å². The predicted molar refractivity (Wildman–Crippen MR) is 80.3 cm³/mol. The van der Waals surface area contributed by atoms with E-state index in [9.17, 15) is 0 Å². The molecule has 0 spiro atoms. The molecule has 1 unspecified atom stereocenters. The maximum absolute atomic E-state index is 5.68. The first-order chi connectivity index (χ1) is 9.35. The largest absolute Gasteiger partial charge is 0.496 e. The maximum Gasteiger partial charge on any atom is 0.123 e. The summed E-state index contributed by atoms with van der Waals surface area (Å²) in [5.74, 6) is 6.58. The third-order valence-corrected chi connectivity index (χ3v) is 4.15. The second kappa shape index (κ2) is 7.28. The molecule has 19 heavy (non-hydrogen) atoms. The van der Waals surface area contributed by atoms with Gasteiger partial charge in [0, 0.05) is 16.5 Å². The van der Waals surface area contributed by atoms with Gasteiger partial charge in [0.15, 0.2) is 0 Å². The highest BCUT2D eigenvalue weighted by Crippen LogP contribution is 2.28. The van der Waals surface area contributed by atoms with Gasteiger partial charge in [0.1, 0.15) is 5.75 Å². The monoisotopic (exact) mass is 276 g/mol. The molecule has 1 heterocycles. The SMILES string of the molecule is COc1ccccc1C(CCCc1cccs1)NN. The topological polar surface area (TPSA) is 47.3 Å². The summed E-state index contributed by atoms with van der Waals surface area (Å²) in [6.45, 7) is 0. The van der Waals surface area contributed by atoms with Gasteiger partial charge in [-0.25, -0.2) is 0 Å². The zero-order valence-corrected chi connectivity index (χ0v) is 12.0. The Balaban J connectivity index is 1.95. The minimum atomic E-state index is 0.135. The van der Waals surface area contributed by atoms with Crippen LogP contribution in [0.2, 0.25) is 0 Å². The summed E-state index contributed by atoms with van der Waals surface area (Å²) in [4.78, 5) is 1.43. The molecule has 0 bridgehead atoms. The number of methoxy groups -OCH3 is 1. The Labute approximate surface area is 118 Å². The third kappa shape index (κ3) is 3.80. The molecule has 0 saturated carbocycles. The van der Waals surface area contributed by atoms with Crippen LogP contribution in [0.3, 0.4) is 0 Å². The van der Waals surface area contributed by atoms with E-state index in [1.165, 1.54) is 4.88 Å². The lowest BCUT2D eigenvalue weighted by molar-refractivity contribution is 0.394. The van der Waals surface area contributed by atoms with Gasteiger partial charge >= 0.3 is 0 Å². The minimum absolute atomic E-state index is 0.135. The van der Waals surface area contributed by atoms with Crippen molar-refractivity contribution in [1.29, 1.82) is 0 Å². The number of nitrogens with one attached hydrogen (secondary N) is 1. The molecule has 0 saturated heterocycles. The molecule has 1 aromatic carbocycles. The Hall–Kier alpha value is -1.36. The van der Waals surface area contributed by atoms with Crippen LogP contribution < -0.4 is 16.0 Å². The third-order valence-electron chi connectivity index (χ3n) is 3.21. The highest BCUT2D eigenvalue weighted by atomic mass is 32.1. The van der Waals surface area contributed by atoms with Crippen molar-refractivity contribution in [1.82, 2.24) is 5.43 Å². The van der Waals surface area contributed by atoms with E-state index in [1.807, 2.05) is 29.5 Å². The van der Waals surface area contributed by atoms with E-state index >= 15 is 0 Å².